The molecule has 0 atom stereocenters. The lowest BCUT2D eigenvalue weighted by Crippen LogP contribution is -2.35. The van der Waals surface area contributed by atoms with Crippen molar-refractivity contribution in [1.29, 1.82) is 0 Å². The van der Waals surface area contributed by atoms with Gasteiger partial charge >= 0.3 is 0 Å². The Morgan fingerprint density at radius 3 is 2.62 bits per heavy atom. The topological polar surface area (TPSA) is 99.5 Å². The van der Waals surface area contributed by atoms with Crippen LogP contribution in [0, 0.1) is 12.7 Å². The molecule has 3 rings (SSSR count). The number of aromatic nitrogens is 3. The molecule has 1 aliphatic rings. The molecule has 0 saturated carbocycles. The second-order valence-electron chi connectivity index (χ2n) is 5.66. The molecule has 3 heterocycles. The molecule has 0 aliphatic carbocycles. The number of nitrogens with zero attached hydrogens (tertiary/aromatic N) is 5. The first-order valence-electron chi connectivity index (χ1n) is 8.08. The number of halogens is 1. The molecule has 0 spiro atoms. The van der Waals surface area contributed by atoms with Gasteiger partial charge in [-0.3, -0.25) is 14.6 Å². The Morgan fingerprint density at radius 2 is 1.96 bits per heavy atom. The zero-order chi connectivity index (χ0) is 18.9. The summed E-state index contributed by atoms with van der Waals surface area (Å²) in [6.07, 6.45) is 3.32. The van der Waals surface area contributed by atoms with Crippen molar-refractivity contribution in [2.24, 2.45) is 0 Å². The van der Waals surface area contributed by atoms with Crippen molar-refractivity contribution < 1.29 is 19.1 Å². The maximum Gasteiger partial charge on any atom is 0.290 e. The summed E-state index contributed by atoms with van der Waals surface area (Å²) in [6.45, 7) is 4.32. The first-order valence-corrected chi connectivity index (χ1v) is 8.08. The van der Waals surface area contributed by atoms with Crippen molar-refractivity contribution in [3.8, 4) is 0 Å². The van der Waals surface area contributed by atoms with Crippen molar-refractivity contribution in [2.75, 3.05) is 31.1 Å². The van der Waals surface area contributed by atoms with Crippen LogP contribution in [0.4, 0.5) is 10.2 Å². The first-order chi connectivity index (χ1) is 12.5. The Hall–Kier alpha value is -3.10. The van der Waals surface area contributed by atoms with Crippen LogP contribution in [-0.2, 0) is 4.79 Å². The van der Waals surface area contributed by atoms with Crippen LogP contribution in [0.2, 0.25) is 0 Å². The van der Waals surface area contributed by atoms with Gasteiger partial charge in [0, 0.05) is 32.4 Å². The largest absolute Gasteiger partial charge is 0.483 e. The van der Waals surface area contributed by atoms with Gasteiger partial charge in [-0.1, -0.05) is 0 Å². The van der Waals surface area contributed by atoms with Crippen LogP contribution >= 0.6 is 0 Å². The highest BCUT2D eigenvalue weighted by atomic mass is 19.1. The number of carbonyl (C=O) groups excluding carboxylic acids is 1. The monoisotopic (exact) mass is 361 g/mol. The minimum atomic E-state index is -0.498. The van der Waals surface area contributed by atoms with Crippen molar-refractivity contribution >= 4 is 18.2 Å². The maximum atomic E-state index is 13.2. The summed E-state index contributed by atoms with van der Waals surface area (Å²) in [5, 5.41) is 15.2. The van der Waals surface area contributed by atoms with Crippen LogP contribution < -0.4 is 4.90 Å². The van der Waals surface area contributed by atoms with Crippen LogP contribution in [0.25, 0.3) is 0 Å². The molecule has 0 radical (unpaired) electrons. The van der Waals surface area contributed by atoms with E-state index in [1.807, 2.05) is 19.1 Å². The quantitative estimate of drug-likeness (QED) is 0.807. The number of hydrogen-bond donors (Lipinski definition) is 1. The predicted octanol–water partition coefficient (Wildman–Crippen LogP) is 1.37. The van der Waals surface area contributed by atoms with Crippen LogP contribution in [0.5, 0.6) is 0 Å². The fourth-order valence-electron chi connectivity index (χ4n) is 2.62. The van der Waals surface area contributed by atoms with E-state index >= 15 is 0 Å². The Bertz CT molecular complexity index is 741. The molecule has 1 N–H and O–H groups in total. The van der Waals surface area contributed by atoms with Crippen molar-refractivity contribution in [1.82, 2.24) is 20.1 Å². The Morgan fingerprint density at radius 1 is 1.19 bits per heavy atom. The zero-order valence-corrected chi connectivity index (χ0v) is 14.4. The molecular formula is C17H20FN5O3. The van der Waals surface area contributed by atoms with Crippen molar-refractivity contribution in [3.63, 3.8) is 0 Å². The molecule has 0 bridgehead atoms. The van der Waals surface area contributed by atoms with E-state index in [4.69, 9.17) is 9.90 Å². The summed E-state index contributed by atoms with van der Waals surface area (Å²) in [7, 11) is 0. The Balaban J connectivity index is 0.000000758. The van der Waals surface area contributed by atoms with Gasteiger partial charge in [0.2, 0.25) is 0 Å². The number of hydrogen-bond acceptors (Lipinski definition) is 6. The average molecular weight is 361 g/mol. The van der Waals surface area contributed by atoms with Crippen LogP contribution in [0.15, 0.2) is 30.6 Å². The average Bonchev–Trinajstić information content (AvgIpc) is 2.89. The minimum Gasteiger partial charge on any atom is -0.483 e. The van der Waals surface area contributed by atoms with E-state index in [1.54, 1.807) is 4.90 Å². The van der Waals surface area contributed by atoms with Crippen LogP contribution in [-0.4, -0.2) is 63.7 Å². The second-order valence-corrected chi connectivity index (χ2v) is 5.66. The molecular weight excluding hydrogens is 341 g/mol. The number of pyridine rings is 1. The van der Waals surface area contributed by atoms with E-state index < -0.39 is 5.82 Å². The predicted molar refractivity (Wildman–Crippen MR) is 92.4 cm³/mol. The normalized spacial score (nSPS) is 14.1. The number of carboxylic acid groups (broad SMARTS) is 1. The van der Waals surface area contributed by atoms with Gasteiger partial charge in [0.15, 0.2) is 5.82 Å². The number of amides is 1. The summed E-state index contributed by atoms with van der Waals surface area (Å²) < 4.78 is 13.2. The van der Waals surface area contributed by atoms with Gasteiger partial charge < -0.3 is 14.9 Å². The Kier molecular flexibility index (Phi) is 6.95. The molecule has 0 aromatic carbocycles. The fourth-order valence-corrected chi connectivity index (χ4v) is 2.62. The minimum absolute atomic E-state index is 0.186. The van der Waals surface area contributed by atoms with E-state index in [2.05, 4.69) is 20.1 Å². The maximum absolute atomic E-state index is 13.2. The molecule has 1 fully saturated rings. The lowest BCUT2D eigenvalue weighted by atomic mass is 10.2. The molecule has 1 saturated heterocycles. The number of aryl methyl sites for hydroxylation is 1. The summed E-state index contributed by atoms with van der Waals surface area (Å²) in [5.41, 5.74) is 1.16. The number of carbonyl (C=O) groups is 2. The van der Waals surface area contributed by atoms with E-state index in [1.165, 1.54) is 12.3 Å². The first kappa shape index (κ1) is 19.2. The summed E-state index contributed by atoms with van der Waals surface area (Å²) >= 11 is 0. The van der Waals surface area contributed by atoms with Gasteiger partial charge in [0.1, 0.15) is 5.82 Å². The summed E-state index contributed by atoms with van der Waals surface area (Å²) in [4.78, 5) is 28.4. The molecule has 9 heteroatoms. The molecule has 138 valence electrons. The molecule has 2 aromatic rings. The fraction of sp³-hybridized carbons (Fsp3) is 0.353. The molecule has 1 amide bonds. The summed E-state index contributed by atoms with van der Waals surface area (Å²) in [6, 6.07) is 5.09. The molecule has 0 unspecified atom stereocenters. The number of rotatable bonds is 2. The zero-order valence-electron chi connectivity index (χ0n) is 14.4. The van der Waals surface area contributed by atoms with E-state index in [-0.39, 0.29) is 17.9 Å². The molecule has 8 nitrogen and oxygen atoms in total. The lowest BCUT2D eigenvalue weighted by Gasteiger charge is -2.22. The highest BCUT2D eigenvalue weighted by Gasteiger charge is 2.21. The smallest absolute Gasteiger partial charge is 0.290 e. The van der Waals surface area contributed by atoms with Gasteiger partial charge in [0.25, 0.3) is 12.4 Å². The van der Waals surface area contributed by atoms with Gasteiger partial charge in [-0.15, -0.1) is 5.10 Å². The third-order valence-corrected chi connectivity index (χ3v) is 3.84. The van der Waals surface area contributed by atoms with E-state index in [0.717, 1.165) is 30.7 Å². The van der Waals surface area contributed by atoms with Crippen molar-refractivity contribution in [2.45, 2.75) is 13.3 Å². The van der Waals surface area contributed by atoms with Gasteiger partial charge in [-0.05, 0) is 31.5 Å². The summed E-state index contributed by atoms with van der Waals surface area (Å²) in [5.74, 6) is 0.133. The van der Waals surface area contributed by atoms with Crippen LogP contribution in [0.3, 0.4) is 0 Å². The van der Waals surface area contributed by atoms with Crippen molar-refractivity contribution in [3.05, 3.63) is 47.7 Å². The molecule has 2 aromatic heterocycles. The molecule has 1 aliphatic heterocycles. The Labute approximate surface area is 150 Å². The number of anilines is 1. The highest BCUT2D eigenvalue weighted by Crippen LogP contribution is 2.14. The second kappa shape index (κ2) is 9.40. The SMILES string of the molecule is Cc1ccc(N2CCCN(C(=O)c3cncc(F)c3)CC2)nn1.O=CO. The standard InChI is InChI=1S/C16H18FN5O.CH2O2/c1-12-3-4-15(20-19-12)21-5-2-6-22(8-7-21)16(23)13-9-14(17)11-18-10-13;2-1-3/h3-4,9-11H,2,5-8H2,1H3;1H,(H,2,3). The third kappa shape index (κ3) is 5.20. The van der Waals surface area contributed by atoms with Gasteiger partial charge in [-0.25, -0.2) is 4.39 Å². The van der Waals surface area contributed by atoms with Crippen LogP contribution in [0.1, 0.15) is 22.5 Å². The molecule has 26 heavy (non-hydrogen) atoms. The van der Waals surface area contributed by atoms with Gasteiger partial charge in [-0.2, -0.15) is 5.10 Å². The lowest BCUT2D eigenvalue weighted by molar-refractivity contribution is -0.122. The van der Waals surface area contributed by atoms with E-state index in [0.29, 0.717) is 19.6 Å². The third-order valence-electron chi connectivity index (χ3n) is 3.84. The highest BCUT2D eigenvalue weighted by molar-refractivity contribution is 5.94. The van der Waals surface area contributed by atoms with E-state index in [9.17, 15) is 9.18 Å². The van der Waals surface area contributed by atoms with Gasteiger partial charge in [0.05, 0.1) is 17.5 Å².